The van der Waals surface area contributed by atoms with Crippen molar-refractivity contribution < 1.29 is 5.11 Å². The first-order valence-corrected chi connectivity index (χ1v) is 5.74. The molecule has 2 N–H and O–H groups in total. The summed E-state index contributed by atoms with van der Waals surface area (Å²) in [6.07, 6.45) is 0.704. The Bertz CT molecular complexity index is 331. The summed E-state index contributed by atoms with van der Waals surface area (Å²) in [5.74, 6) is 0. The summed E-state index contributed by atoms with van der Waals surface area (Å²) in [7, 11) is 0. The van der Waals surface area contributed by atoms with Gasteiger partial charge in [-0.05, 0) is 25.1 Å². The second-order valence-electron chi connectivity index (χ2n) is 3.08. The van der Waals surface area contributed by atoms with Gasteiger partial charge in [0.1, 0.15) is 0 Å². The molecule has 0 aliphatic rings. The van der Waals surface area contributed by atoms with Crippen LogP contribution >= 0.6 is 34.8 Å². The van der Waals surface area contributed by atoms with Crippen molar-refractivity contribution in [2.45, 2.75) is 13.0 Å². The van der Waals surface area contributed by atoms with Crippen molar-refractivity contribution in [1.29, 1.82) is 0 Å². The molecule has 0 atom stereocenters. The number of benzene rings is 1. The number of aliphatic hydroxyl groups excluding tert-OH is 1. The molecule has 0 fully saturated rings. The Morgan fingerprint density at radius 2 is 1.80 bits per heavy atom. The van der Waals surface area contributed by atoms with Gasteiger partial charge in [0.25, 0.3) is 0 Å². The summed E-state index contributed by atoms with van der Waals surface area (Å²) in [5, 5.41) is 13.3. The maximum Gasteiger partial charge on any atom is 0.0652 e. The zero-order valence-electron chi connectivity index (χ0n) is 8.06. The lowest BCUT2D eigenvalue weighted by molar-refractivity contribution is 0.286. The summed E-state index contributed by atoms with van der Waals surface area (Å²) in [4.78, 5) is 0. The van der Waals surface area contributed by atoms with Crippen LogP contribution in [0.3, 0.4) is 0 Å². The minimum atomic E-state index is 0.171. The highest BCUT2D eigenvalue weighted by atomic mass is 35.5. The van der Waals surface area contributed by atoms with E-state index in [9.17, 15) is 0 Å². The molecule has 1 aromatic carbocycles. The number of hydrogen-bond acceptors (Lipinski definition) is 2. The Balaban J connectivity index is 2.63. The maximum atomic E-state index is 8.60. The van der Waals surface area contributed by atoms with E-state index in [1.54, 1.807) is 12.1 Å². The van der Waals surface area contributed by atoms with Crippen LogP contribution in [0.1, 0.15) is 12.0 Å². The largest absolute Gasteiger partial charge is 0.396 e. The zero-order chi connectivity index (χ0) is 11.3. The third-order valence-corrected chi connectivity index (χ3v) is 3.15. The molecule has 15 heavy (non-hydrogen) atoms. The van der Waals surface area contributed by atoms with Gasteiger partial charge in [0.15, 0.2) is 0 Å². The number of halogens is 3. The van der Waals surface area contributed by atoms with Gasteiger partial charge in [-0.15, -0.1) is 0 Å². The molecule has 0 aliphatic heterocycles. The molecule has 1 rings (SSSR count). The number of hydrogen-bond donors (Lipinski definition) is 2. The average molecular weight is 269 g/mol. The van der Waals surface area contributed by atoms with Crippen LogP contribution in [-0.4, -0.2) is 18.3 Å². The van der Waals surface area contributed by atoms with Crippen LogP contribution in [0.2, 0.25) is 15.1 Å². The normalized spacial score (nSPS) is 10.7. The van der Waals surface area contributed by atoms with Crippen LogP contribution < -0.4 is 5.32 Å². The summed E-state index contributed by atoms with van der Waals surface area (Å²) in [6, 6.07) is 3.39. The lowest BCUT2D eigenvalue weighted by Gasteiger charge is -2.09. The second kappa shape index (κ2) is 6.56. The SMILES string of the molecule is OCCCNCc1c(Cl)ccc(Cl)c1Cl. The van der Waals surface area contributed by atoms with Gasteiger partial charge in [0.2, 0.25) is 0 Å². The Morgan fingerprint density at radius 1 is 1.13 bits per heavy atom. The molecular formula is C10H12Cl3NO. The topological polar surface area (TPSA) is 32.3 Å². The summed E-state index contributed by atoms with van der Waals surface area (Å²) in [6.45, 7) is 1.44. The van der Waals surface area contributed by atoms with Crippen molar-refractivity contribution in [2.75, 3.05) is 13.2 Å². The van der Waals surface area contributed by atoms with Gasteiger partial charge in [0.05, 0.1) is 10.0 Å². The minimum absolute atomic E-state index is 0.171. The first-order chi connectivity index (χ1) is 7.16. The van der Waals surface area contributed by atoms with Crippen molar-refractivity contribution in [2.24, 2.45) is 0 Å². The molecule has 0 saturated heterocycles. The van der Waals surface area contributed by atoms with Gasteiger partial charge in [-0.1, -0.05) is 34.8 Å². The van der Waals surface area contributed by atoms with Crippen LogP contribution in [-0.2, 0) is 6.54 Å². The number of aliphatic hydroxyl groups is 1. The summed E-state index contributed by atoms with van der Waals surface area (Å²) < 4.78 is 0. The van der Waals surface area contributed by atoms with Gasteiger partial charge >= 0.3 is 0 Å². The molecular weight excluding hydrogens is 256 g/mol. The predicted molar refractivity (Wildman–Crippen MR) is 64.9 cm³/mol. The van der Waals surface area contributed by atoms with Crippen molar-refractivity contribution in [1.82, 2.24) is 5.32 Å². The molecule has 0 aliphatic carbocycles. The van der Waals surface area contributed by atoms with Crippen LogP contribution in [0.15, 0.2) is 12.1 Å². The van der Waals surface area contributed by atoms with Crippen LogP contribution in [0.4, 0.5) is 0 Å². The first kappa shape index (κ1) is 13.1. The third-order valence-electron chi connectivity index (χ3n) is 1.95. The van der Waals surface area contributed by atoms with Crippen molar-refractivity contribution in [3.05, 3.63) is 32.8 Å². The van der Waals surface area contributed by atoms with E-state index in [0.717, 1.165) is 12.1 Å². The van der Waals surface area contributed by atoms with E-state index in [2.05, 4.69) is 5.32 Å². The molecule has 0 saturated carbocycles. The van der Waals surface area contributed by atoms with Gasteiger partial charge < -0.3 is 10.4 Å². The highest BCUT2D eigenvalue weighted by Gasteiger charge is 2.08. The fraction of sp³-hybridized carbons (Fsp3) is 0.400. The quantitative estimate of drug-likeness (QED) is 0.635. The van der Waals surface area contributed by atoms with Crippen LogP contribution in [0.25, 0.3) is 0 Å². The molecule has 0 spiro atoms. The van der Waals surface area contributed by atoms with E-state index in [4.69, 9.17) is 39.9 Å². The van der Waals surface area contributed by atoms with E-state index in [1.165, 1.54) is 0 Å². The second-order valence-corrected chi connectivity index (χ2v) is 4.27. The zero-order valence-corrected chi connectivity index (χ0v) is 10.3. The van der Waals surface area contributed by atoms with Gasteiger partial charge in [-0.3, -0.25) is 0 Å². The smallest absolute Gasteiger partial charge is 0.0652 e. The van der Waals surface area contributed by atoms with Crippen LogP contribution in [0.5, 0.6) is 0 Å². The molecule has 5 heteroatoms. The minimum Gasteiger partial charge on any atom is -0.396 e. The number of nitrogens with one attached hydrogen (secondary N) is 1. The Morgan fingerprint density at radius 3 is 2.47 bits per heavy atom. The third kappa shape index (κ3) is 3.82. The van der Waals surface area contributed by atoms with Crippen molar-refractivity contribution in [3.63, 3.8) is 0 Å². The standard InChI is InChI=1S/C10H12Cl3NO/c11-8-2-3-9(12)10(13)7(8)6-14-4-1-5-15/h2-3,14-15H,1,4-6H2. The lowest BCUT2D eigenvalue weighted by atomic mass is 10.2. The van der Waals surface area contributed by atoms with Gasteiger partial charge in [0, 0.05) is 23.7 Å². The molecule has 0 bridgehead atoms. The molecule has 0 amide bonds. The average Bonchev–Trinajstić information content (AvgIpc) is 2.23. The van der Waals surface area contributed by atoms with Crippen LogP contribution in [0, 0.1) is 0 Å². The molecule has 0 aromatic heterocycles. The predicted octanol–water partition coefficient (Wildman–Crippen LogP) is 3.12. The van der Waals surface area contributed by atoms with Crippen molar-refractivity contribution in [3.8, 4) is 0 Å². The molecule has 1 aromatic rings. The van der Waals surface area contributed by atoms with Crippen molar-refractivity contribution >= 4 is 34.8 Å². The van der Waals surface area contributed by atoms with E-state index >= 15 is 0 Å². The van der Waals surface area contributed by atoms with Gasteiger partial charge in [-0.2, -0.15) is 0 Å². The first-order valence-electron chi connectivity index (χ1n) is 4.60. The molecule has 0 heterocycles. The fourth-order valence-corrected chi connectivity index (χ4v) is 1.83. The Hall–Kier alpha value is 0.01000. The highest BCUT2D eigenvalue weighted by Crippen LogP contribution is 2.31. The molecule has 2 nitrogen and oxygen atoms in total. The maximum absolute atomic E-state index is 8.60. The van der Waals surface area contributed by atoms with E-state index in [1.807, 2.05) is 0 Å². The Labute approximate surface area is 104 Å². The van der Waals surface area contributed by atoms with E-state index < -0.39 is 0 Å². The Kier molecular flexibility index (Phi) is 5.72. The summed E-state index contributed by atoms with van der Waals surface area (Å²) >= 11 is 17.9. The van der Waals surface area contributed by atoms with Gasteiger partial charge in [-0.25, -0.2) is 0 Å². The highest BCUT2D eigenvalue weighted by molar-refractivity contribution is 6.44. The molecule has 84 valence electrons. The molecule has 0 unspecified atom stereocenters. The molecule has 0 radical (unpaired) electrons. The number of rotatable bonds is 5. The summed E-state index contributed by atoms with van der Waals surface area (Å²) in [5.41, 5.74) is 0.795. The monoisotopic (exact) mass is 267 g/mol. The fourth-order valence-electron chi connectivity index (χ4n) is 1.15. The van der Waals surface area contributed by atoms with E-state index in [-0.39, 0.29) is 6.61 Å². The van der Waals surface area contributed by atoms with E-state index in [0.29, 0.717) is 28.0 Å². The lowest BCUT2D eigenvalue weighted by Crippen LogP contribution is -2.16.